The standard InChI is InChI=1S/C19H27N3O4S/c1-14(17(23)20-10-6-12-25-2)27-19-21-16-9-5-4-8-15(16)18(24)22(19)11-7-13-26-3/h4-5,8-9,14H,6-7,10-13H2,1-3H3,(H,20,23). The molecule has 0 saturated heterocycles. The van der Waals surface area contributed by atoms with E-state index in [1.165, 1.54) is 11.8 Å². The van der Waals surface area contributed by atoms with E-state index < -0.39 is 0 Å². The second-order valence-electron chi connectivity index (χ2n) is 6.11. The first kappa shape index (κ1) is 21.4. The number of para-hydroxylation sites is 1. The zero-order valence-electron chi connectivity index (χ0n) is 16.1. The summed E-state index contributed by atoms with van der Waals surface area (Å²) in [6.07, 6.45) is 1.46. The quantitative estimate of drug-likeness (QED) is 0.358. The summed E-state index contributed by atoms with van der Waals surface area (Å²) in [5.74, 6) is -0.0815. The third kappa shape index (κ3) is 6.05. The summed E-state index contributed by atoms with van der Waals surface area (Å²) in [7, 11) is 3.27. The van der Waals surface area contributed by atoms with Crippen molar-refractivity contribution < 1.29 is 14.3 Å². The molecule has 0 aliphatic rings. The van der Waals surface area contributed by atoms with Gasteiger partial charge in [-0.15, -0.1) is 0 Å². The van der Waals surface area contributed by atoms with Crippen LogP contribution in [0.25, 0.3) is 10.9 Å². The second-order valence-corrected chi connectivity index (χ2v) is 7.42. The number of hydrogen-bond donors (Lipinski definition) is 1. The molecule has 2 aromatic rings. The number of rotatable bonds is 11. The van der Waals surface area contributed by atoms with Crippen molar-refractivity contribution in [1.82, 2.24) is 14.9 Å². The van der Waals surface area contributed by atoms with Gasteiger partial charge in [-0.05, 0) is 31.9 Å². The zero-order valence-corrected chi connectivity index (χ0v) is 16.9. The van der Waals surface area contributed by atoms with Crippen molar-refractivity contribution >= 4 is 28.6 Å². The number of nitrogens with one attached hydrogen (secondary N) is 1. The third-order valence-corrected chi connectivity index (χ3v) is 5.12. The molecule has 1 amide bonds. The molecule has 1 heterocycles. The molecule has 0 bridgehead atoms. The van der Waals surface area contributed by atoms with Gasteiger partial charge in [-0.1, -0.05) is 23.9 Å². The summed E-state index contributed by atoms with van der Waals surface area (Å²) in [4.78, 5) is 29.8. The fourth-order valence-corrected chi connectivity index (χ4v) is 3.54. The smallest absolute Gasteiger partial charge is 0.262 e. The average Bonchev–Trinajstić information content (AvgIpc) is 2.67. The molecule has 1 aromatic heterocycles. The predicted octanol–water partition coefficient (Wildman–Crippen LogP) is 2.07. The SMILES string of the molecule is COCCCNC(=O)C(C)Sc1nc2ccccc2c(=O)n1CCCOC. The highest BCUT2D eigenvalue weighted by Crippen LogP contribution is 2.22. The Kier molecular flexibility index (Phi) is 8.77. The molecule has 0 spiro atoms. The van der Waals surface area contributed by atoms with E-state index in [4.69, 9.17) is 9.47 Å². The minimum absolute atomic E-state index is 0.0815. The van der Waals surface area contributed by atoms with Crippen LogP contribution in [0.15, 0.2) is 34.2 Å². The van der Waals surface area contributed by atoms with Crippen LogP contribution in [0, 0.1) is 0 Å². The monoisotopic (exact) mass is 393 g/mol. The molecule has 1 N–H and O–H groups in total. The molecule has 1 aromatic carbocycles. The van der Waals surface area contributed by atoms with Gasteiger partial charge in [0.15, 0.2) is 5.16 Å². The van der Waals surface area contributed by atoms with Crippen molar-refractivity contribution in [2.75, 3.05) is 34.0 Å². The lowest BCUT2D eigenvalue weighted by Gasteiger charge is -2.16. The van der Waals surface area contributed by atoms with Crippen molar-refractivity contribution in [2.24, 2.45) is 0 Å². The van der Waals surface area contributed by atoms with E-state index in [2.05, 4.69) is 10.3 Å². The van der Waals surface area contributed by atoms with Gasteiger partial charge >= 0.3 is 0 Å². The van der Waals surface area contributed by atoms with Crippen LogP contribution in [0.5, 0.6) is 0 Å². The van der Waals surface area contributed by atoms with Crippen LogP contribution in [-0.2, 0) is 20.8 Å². The summed E-state index contributed by atoms with van der Waals surface area (Å²) >= 11 is 1.30. The van der Waals surface area contributed by atoms with Gasteiger partial charge in [-0.3, -0.25) is 14.2 Å². The van der Waals surface area contributed by atoms with Gasteiger partial charge < -0.3 is 14.8 Å². The molecule has 1 atom stereocenters. The molecule has 148 valence electrons. The predicted molar refractivity (Wildman–Crippen MR) is 107 cm³/mol. The van der Waals surface area contributed by atoms with Crippen LogP contribution in [0.1, 0.15) is 19.8 Å². The number of ether oxygens (including phenoxy) is 2. The number of methoxy groups -OCH3 is 2. The van der Waals surface area contributed by atoms with Gasteiger partial charge in [0.05, 0.1) is 16.2 Å². The maximum Gasteiger partial charge on any atom is 0.262 e. The van der Waals surface area contributed by atoms with Crippen LogP contribution < -0.4 is 10.9 Å². The van der Waals surface area contributed by atoms with Gasteiger partial charge in [0, 0.05) is 40.5 Å². The van der Waals surface area contributed by atoms with Crippen molar-refractivity contribution in [3.63, 3.8) is 0 Å². The molecule has 0 aliphatic carbocycles. The summed E-state index contributed by atoms with van der Waals surface area (Å²) < 4.78 is 11.7. The molecule has 0 fully saturated rings. The normalized spacial score (nSPS) is 12.3. The highest BCUT2D eigenvalue weighted by molar-refractivity contribution is 8.00. The fraction of sp³-hybridized carbons (Fsp3) is 0.526. The Hall–Kier alpha value is -1.90. The molecular weight excluding hydrogens is 366 g/mol. The Morgan fingerprint density at radius 1 is 1.22 bits per heavy atom. The lowest BCUT2D eigenvalue weighted by atomic mass is 10.2. The Bertz CT molecular complexity index is 809. The highest BCUT2D eigenvalue weighted by Gasteiger charge is 2.19. The molecule has 1 unspecified atom stereocenters. The molecule has 0 saturated carbocycles. The number of thioether (sulfide) groups is 1. The van der Waals surface area contributed by atoms with E-state index in [0.29, 0.717) is 48.8 Å². The summed E-state index contributed by atoms with van der Waals surface area (Å²) in [6, 6.07) is 7.27. The first-order valence-electron chi connectivity index (χ1n) is 9.00. The maximum absolute atomic E-state index is 12.9. The minimum Gasteiger partial charge on any atom is -0.385 e. The Morgan fingerprint density at radius 2 is 1.93 bits per heavy atom. The summed E-state index contributed by atoms with van der Waals surface area (Å²) in [5.41, 5.74) is 0.549. The van der Waals surface area contributed by atoms with E-state index in [1.807, 2.05) is 25.1 Å². The van der Waals surface area contributed by atoms with Crippen molar-refractivity contribution in [2.45, 2.75) is 36.7 Å². The highest BCUT2D eigenvalue weighted by atomic mass is 32.2. The lowest BCUT2D eigenvalue weighted by molar-refractivity contribution is -0.120. The van der Waals surface area contributed by atoms with Gasteiger partial charge in [0.2, 0.25) is 5.91 Å². The van der Waals surface area contributed by atoms with Gasteiger partial charge in [0.25, 0.3) is 5.56 Å². The fourth-order valence-electron chi connectivity index (χ4n) is 2.59. The number of nitrogens with zero attached hydrogens (tertiary/aromatic N) is 2. The molecule has 27 heavy (non-hydrogen) atoms. The van der Waals surface area contributed by atoms with Gasteiger partial charge in [-0.25, -0.2) is 4.98 Å². The molecule has 8 heteroatoms. The number of benzene rings is 1. The Labute approximate surface area is 163 Å². The van der Waals surface area contributed by atoms with Gasteiger partial charge in [-0.2, -0.15) is 0 Å². The van der Waals surface area contributed by atoms with E-state index in [1.54, 1.807) is 24.9 Å². The minimum atomic E-state index is -0.366. The van der Waals surface area contributed by atoms with Crippen LogP contribution in [-0.4, -0.2) is 54.7 Å². The topological polar surface area (TPSA) is 82.5 Å². The van der Waals surface area contributed by atoms with Crippen molar-refractivity contribution in [3.05, 3.63) is 34.6 Å². The van der Waals surface area contributed by atoms with Gasteiger partial charge in [0.1, 0.15) is 0 Å². The first-order chi connectivity index (χ1) is 13.1. The van der Waals surface area contributed by atoms with E-state index in [-0.39, 0.29) is 16.7 Å². The molecule has 0 aliphatic heterocycles. The number of carbonyl (C=O) groups excluding carboxylic acids is 1. The molecule has 0 radical (unpaired) electrons. The van der Waals surface area contributed by atoms with E-state index in [0.717, 1.165) is 6.42 Å². The molecular formula is C19H27N3O4S. The maximum atomic E-state index is 12.9. The molecule has 7 nitrogen and oxygen atoms in total. The van der Waals surface area contributed by atoms with Crippen molar-refractivity contribution in [3.8, 4) is 0 Å². The number of carbonyl (C=O) groups is 1. The summed E-state index contributed by atoms with van der Waals surface area (Å²) in [5, 5.41) is 3.65. The van der Waals surface area contributed by atoms with Crippen molar-refractivity contribution in [1.29, 1.82) is 0 Å². The van der Waals surface area contributed by atoms with Crippen LogP contribution >= 0.6 is 11.8 Å². The second kappa shape index (κ2) is 11.1. The van der Waals surface area contributed by atoms with Crippen LogP contribution in [0.3, 0.4) is 0 Å². The Morgan fingerprint density at radius 3 is 2.67 bits per heavy atom. The van der Waals surface area contributed by atoms with Crippen LogP contribution in [0.4, 0.5) is 0 Å². The summed E-state index contributed by atoms with van der Waals surface area (Å²) in [6.45, 7) is 4.03. The third-order valence-electron chi connectivity index (χ3n) is 4.03. The average molecular weight is 394 g/mol. The zero-order chi connectivity index (χ0) is 19.6. The van der Waals surface area contributed by atoms with E-state index in [9.17, 15) is 9.59 Å². The number of amides is 1. The van der Waals surface area contributed by atoms with E-state index >= 15 is 0 Å². The lowest BCUT2D eigenvalue weighted by Crippen LogP contribution is -2.33. The first-order valence-corrected chi connectivity index (χ1v) is 9.88. The molecule has 2 rings (SSSR count). The largest absolute Gasteiger partial charge is 0.385 e. The number of hydrogen-bond acceptors (Lipinski definition) is 6. The number of aromatic nitrogens is 2. The Balaban J connectivity index is 2.20. The number of fused-ring (bicyclic) bond motifs is 1. The van der Waals surface area contributed by atoms with Crippen LogP contribution in [0.2, 0.25) is 0 Å².